The van der Waals surface area contributed by atoms with Gasteiger partial charge in [0.15, 0.2) is 0 Å². The molecule has 0 radical (unpaired) electrons. The van der Waals surface area contributed by atoms with Crippen LogP contribution in [0.3, 0.4) is 0 Å². The molecule has 0 bridgehead atoms. The zero-order valence-electron chi connectivity index (χ0n) is 12.1. The Bertz CT molecular complexity index is 815. The van der Waals surface area contributed by atoms with Gasteiger partial charge in [-0.15, -0.1) is 0 Å². The number of oxime groups is 1. The molecule has 1 aromatic rings. The summed E-state index contributed by atoms with van der Waals surface area (Å²) >= 11 is 1.20. The van der Waals surface area contributed by atoms with Crippen LogP contribution in [0.5, 0.6) is 0 Å². The average molecular weight is 334 g/mol. The quantitative estimate of drug-likeness (QED) is 0.624. The molecule has 7 heteroatoms. The highest BCUT2D eigenvalue weighted by molar-refractivity contribution is 8.18. The molecule has 0 fully saturated rings. The molecule has 0 N–H and O–H groups in total. The number of hydrogen-bond donors (Lipinski definition) is 0. The standard InChI is InChI=1S/C15H14N2O3S2/c1-3-22(18,19)20-17-15-9-8-14(21-15)13(10-16)12-7-5-4-6-11(12)2/h4-9H,3H2,1-2H3/b14-13-,17-15+. The smallest absolute Gasteiger partial charge is 0.267 e. The minimum atomic E-state index is -3.62. The van der Waals surface area contributed by atoms with Gasteiger partial charge in [0.05, 0.1) is 11.3 Å². The molecule has 1 aliphatic rings. The molecule has 0 atom stereocenters. The fraction of sp³-hybridized carbons (Fsp3) is 0.200. The SMILES string of the molecule is CCS(=O)(=O)O/N=C1C=C/C(=C(\C#N)c2ccccc2C)S\1. The fourth-order valence-corrected chi connectivity index (χ4v) is 2.93. The second-order valence-electron chi connectivity index (χ2n) is 4.45. The van der Waals surface area contributed by atoms with E-state index >= 15 is 0 Å². The van der Waals surface area contributed by atoms with Crippen LogP contribution < -0.4 is 0 Å². The maximum Gasteiger partial charge on any atom is 0.328 e. The van der Waals surface area contributed by atoms with E-state index in [9.17, 15) is 13.7 Å². The van der Waals surface area contributed by atoms with Gasteiger partial charge >= 0.3 is 10.1 Å². The highest BCUT2D eigenvalue weighted by Crippen LogP contribution is 2.34. The molecule has 0 saturated carbocycles. The Morgan fingerprint density at radius 3 is 2.73 bits per heavy atom. The van der Waals surface area contributed by atoms with Crippen LogP contribution in [0.1, 0.15) is 18.1 Å². The van der Waals surface area contributed by atoms with Crippen molar-refractivity contribution in [1.82, 2.24) is 0 Å². The topological polar surface area (TPSA) is 79.5 Å². The zero-order chi connectivity index (χ0) is 16.2. The van der Waals surface area contributed by atoms with Gasteiger partial charge in [-0.2, -0.15) is 13.7 Å². The highest BCUT2D eigenvalue weighted by atomic mass is 32.2. The normalized spacial score (nSPS) is 18.3. The van der Waals surface area contributed by atoms with Gasteiger partial charge in [-0.05, 0) is 37.1 Å². The van der Waals surface area contributed by atoms with Crippen LogP contribution in [0.15, 0.2) is 46.5 Å². The lowest BCUT2D eigenvalue weighted by molar-refractivity contribution is 0.341. The first-order chi connectivity index (χ1) is 10.5. The van der Waals surface area contributed by atoms with Crippen LogP contribution in [0, 0.1) is 18.3 Å². The number of allylic oxidation sites excluding steroid dienone is 2. The lowest BCUT2D eigenvalue weighted by atomic mass is 10.0. The first-order valence-corrected chi connectivity index (χ1v) is 8.92. The minimum Gasteiger partial charge on any atom is -0.267 e. The van der Waals surface area contributed by atoms with Crippen LogP contribution in [0.4, 0.5) is 0 Å². The van der Waals surface area contributed by atoms with Gasteiger partial charge < -0.3 is 0 Å². The number of benzene rings is 1. The molecule has 1 aromatic carbocycles. The van der Waals surface area contributed by atoms with E-state index in [2.05, 4.69) is 15.5 Å². The molecule has 114 valence electrons. The summed E-state index contributed by atoms with van der Waals surface area (Å²) in [6.07, 6.45) is 3.36. The van der Waals surface area contributed by atoms with Crippen molar-refractivity contribution in [3.63, 3.8) is 0 Å². The van der Waals surface area contributed by atoms with Gasteiger partial charge in [0, 0.05) is 4.91 Å². The summed E-state index contributed by atoms with van der Waals surface area (Å²) in [5.74, 6) is -0.145. The minimum absolute atomic E-state index is 0.145. The van der Waals surface area contributed by atoms with Crippen molar-refractivity contribution in [2.45, 2.75) is 13.8 Å². The predicted molar refractivity (Wildman–Crippen MR) is 88.4 cm³/mol. The summed E-state index contributed by atoms with van der Waals surface area (Å²) in [6.45, 7) is 3.41. The van der Waals surface area contributed by atoms with Crippen molar-refractivity contribution >= 4 is 32.5 Å². The Labute approximate surface area is 134 Å². The maximum atomic E-state index is 11.3. The maximum absolute atomic E-state index is 11.3. The number of aryl methyl sites for hydroxylation is 1. The number of hydrogen-bond acceptors (Lipinski definition) is 6. The van der Waals surface area contributed by atoms with E-state index in [-0.39, 0.29) is 5.75 Å². The lowest BCUT2D eigenvalue weighted by Crippen LogP contribution is -2.04. The molecule has 1 heterocycles. The Morgan fingerprint density at radius 2 is 2.09 bits per heavy atom. The van der Waals surface area contributed by atoms with Crippen LogP contribution in [0.25, 0.3) is 5.57 Å². The third-order valence-electron chi connectivity index (χ3n) is 2.96. The number of nitriles is 1. The van der Waals surface area contributed by atoms with Crippen LogP contribution >= 0.6 is 11.8 Å². The Balaban J connectivity index is 2.29. The summed E-state index contributed by atoms with van der Waals surface area (Å²) in [6, 6.07) is 9.79. The Hall–Kier alpha value is -2.04. The van der Waals surface area contributed by atoms with E-state index in [1.54, 1.807) is 12.2 Å². The molecule has 0 unspecified atom stereocenters. The summed E-state index contributed by atoms with van der Waals surface area (Å²) < 4.78 is 27.1. The molecule has 5 nitrogen and oxygen atoms in total. The van der Waals surface area contributed by atoms with Gasteiger partial charge in [0.2, 0.25) is 0 Å². The molecule has 2 rings (SSSR count). The van der Waals surface area contributed by atoms with Crippen LogP contribution in [-0.4, -0.2) is 19.2 Å². The third-order valence-corrected chi connectivity index (χ3v) is 4.95. The molecule has 22 heavy (non-hydrogen) atoms. The monoisotopic (exact) mass is 334 g/mol. The third kappa shape index (κ3) is 3.78. The van der Waals surface area contributed by atoms with Crippen molar-refractivity contribution in [2.24, 2.45) is 5.16 Å². The predicted octanol–water partition coefficient (Wildman–Crippen LogP) is 3.21. The Morgan fingerprint density at radius 1 is 1.36 bits per heavy atom. The summed E-state index contributed by atoms with van der Waals surface area (Å²) in [5, 5.41) is 13.4. The second kappa shape index (κ2) is 6.81. The van der Waals surface area contributed by atoms with Crippen molar-refractivity contribution in [3.8, 4) is 6.07 Å². The van der Waals surface area contributed by atoms with Crippen LogP contribution in [0.2, 0.25) is 0 Å². The first kappa shape index (κ1) is 16.3. The van der Waals surface area contributed by atoms with Crippen molar-refractivity contribution < 1.29 is 12.7 Å². The number of nitrogens with zero attached hydrogens (tertiary/aromatic N) is 2. The van der Waals surface area contributed by atoms with E-state index in [4.69, 9.17) is 0 Å². The van der Waals surface area contributed by atoms with Crippen LogP contribution in [-0.2, 0) is 14.4 Å². The molecule has 0 aliphatic carbocycles. The number of thioether (sulfide) groups is 1. The van der Waals surface area contributed by atoms with Gasteiger partial charge in [-0.3, -0.25) is 4.28 Å². The van der Waals surface area contributed by atoms with E-state index in [0.717, 1.165) is 11.1 Å². The fourth-order valence-electron chi connectivity index (χ4n) is 1.76. The zero-order valence-corrected chi connectivity index (χ0v) is 13.7. The molecule has 1 aliphatic heterocycles. The molecule has 0 spiro atoms. The lowest BCUT2D eigenvalue weighted by Gasteiger charge is -2.05. The van der Waals surface area contributed by atoms with E-state index in [0.29, 0.717) is 15.5 Å². The molecular formula is C15H14N2O3S2. The largest absolute Gasteiger partial charge is 0.328 e. The van der Waals surface area contributed by atoms with Crippen molar-refractivity contribution in [2.75, 3.05) is 5.75 Å². The summed E-state index contributed by atoms with van der Waals surface area (Å²) in [7, 11) is -3.62. The van der Waals surface area contributed by atoms with E-state index in [1.165, 1.54) is 18.7 Å². The van der Waals surface area contributed by atoms with Crippen molar-refractivity contribution in [3.05, 3.63) is 52.4 Å². The highest BCUT2D eigenvalue weighted by Gasteiger charge is 2.17. The van der Waals surface area contributed by atoms with Gasteiger partial charge in [-0.1, -0.05) is 41.2 Å². The summed E-state index contributed by atoms with van der Waals surface area (Å²) in [5.41, 5.74) is 2.37. The molecule has 0 aromatic heterocycles. The van der Waals surface area contributed by atoms with E-state index < -0.39 is 10.1 Å². The van der Waals surface area contributed by atoms with Gasteiger partial charge in [0.1, 0.15) is 11.1 Å². The first-order valence-electron chi connectivity index (χ1n) is 6.52. The molecule has 0 saturated heterocycles. The molecule has 0 amide bonds. The summed E-state index contributed by atoms with van der Waals surface area (Å²) in [4.78, 5) is 0.716. The molecular weight excluding hydrogens is 320 g/mol. The van der Waals surface area contributed by atoms with Gasteiger partial charge in [-0.25, -0.2) is 0 Å². The average Bonchev–Trinajstić information content (AvgIpc) is 2.97. The van der Waals surface area contributed by atoms with Crippen molar-refractivity contribution in [1.29, 1.82) is 5.26 Å². The van der Waals surface area contributed by atoms with E-state index in [1.807, 2.05) is 31.2 Å². The number of rotatable bonds is 4. The second-order valence-corrected chi connectivity index (χ2v) is 7.36. The Kier molecular flexibility index (Phi) is 5.06. The van der Waals surface area contributed by atoms with Gasteiger partial charge in [0.25, 0.3) is 0 Å².